The monoisotopic (exact) mass is 1230 g/mol. The topological polar surface area (TPSA) is 511 Å². The molecule has 0 unspecified atom stereocenters. The zero-order chi connectivity index (χ0) is 65.3. The smallest absolute Gasteiger partial charge is 0.245 e. The molecule has 0 spiro atoms. The number of hydrogen-bond acceptors (Lipinski definition) is 20. The first-order valence-corrected chi connectivity index (χ1v) is 29.4. The molecular formula is C57H94N16O14. The highest BCUT2D eigenvalue weighted by molar-refractivity contribution is 6.22. The van der Waals surface area contributed by atoms with Gasteiger partial charge in [-0.15, -0.1) is 0 Å². The molecule has 1 aliphatic heterocycles. The fraction of sp³-hybridized carbons (Fsp3) is 0.649. The van der Waals surface area contributed by atoms with E-state index in [1.165, 1.54) is 20.8 Å². The summed E-state index contributed by atoms with van der Waals surface area (Å²) in [5.41, 5.74) is 29.5. The van der Waals surface area contributed by atoms with Crippen LogP contribution in [0.25, 0.3) is 0 Å². The lowest BCUT2D eigenvalue weighted by Crippen LogP contribution is -2.61. The van der Waals surface area contributed by atoms with Gasteiger partial charge in [0.2, 0.25) is 59.1 Å². The molecule has 3 rings (SSSR count). The van der Waals surface area contributed by atoms with Crippen molar-refractivity contribution in [1.82, 2.24) is 53.2 Å². The van der Waals surface area contributed by atoms with Gasteiger partial charge in [-0.1, -0.05) is 58.0 Å². The molecule has 1 fully saturated rings. The molecule has 12 atom stereocenters. The van der Waals surface area contributed by atoms with Crippen molar-refractivity contribution in [2.45, 2.75) is 185 Å². The molecule has 0 saturated carbocycles. The molecule has 10 amide bonds. The van der Waals surface area contributed by atoms with Gasteiger partial charge in [-0.25, -0.2) is 0 Å². The van der Waals surface area contributed by atoms with Gasteiger partial charge in [-0.3, -0.25) is 57.7 Å². The van der Waals surface area contributed by atoms with Gasteiger partial charge >= 0.3 is 0 Å². The number of amides is 10. The number of benzene rings is 1. The maximum Gasteiger partial charge on any atom is 0.245 e. The summed E-state index contributed by atoms with van der Waals surface area (Å²) in [6.45, 7) is 9.70. The quantitative estimate of drug-likeness (QED) is 0.0430. The Morgan fingerprint density at radius 2 is 1.14 bits per heavy atom. The highest BCUT2D eigenvalue weighted by Gasteiger charge is 2.39. The van der Waals surface area contributed by atoms with Gasteiger partial charge in [-0.05, 0) is 115 Å². The minimum absolute atomic E-state index is 0.0366. The number of hydrogen-bond donors (Lipinski definition) is 18. The van der Waals surface area contributed by atoms with E-state index < -0.39 is 150 Å². The van der Waals surface area contributed by atoms with Crippen molar-refractivity contribution in [3.8, 4) is 0 Å². The predicted molar refractivity (Wildman–Crippen MR) is 321 cm³/mol. The normalized spacial score (nSPS) is 24.3. The van der Waals surface area contributed by atoms with Gasteiger partial charge in [0, 0.05) is 31.5 Å². The van der Waals surface area contributed by atoms with Crippen LogP contribution in [0.15, 0.2) is 46.7 Å². The van der Waals surface area contributed by atoms with Crippen molar-refractivity contribution < 1.29 is 68.1 Å². The number of aliphatic hydroxyl groups excluding tert-OH is 3. The lowest BCUT2D eigenvalue weighted by molar-refractivity contribution is -0.136. The third-order valence-corrected chi connectivity index (χ3v) is 14.4. The Balaban J connectivity index is 2.11. The van der Waals surface area contributed by atoms with E-state index in [1.54, 1.807) is 44.2 Å². The number of nitrogens with zero attached hydrogens (tertiary/aromatic N) is 1. The molecule has 1 aromatic carbocycles. The Labute approximate surface area is 507 Å². The summed E-state index contributed by atoms with van der Waals surface area (Å²) in [5, 5.41) is 57.9. The number of allylic oxidation sites excluding steroid dienone is 2. The van der Waals surface area contributed by atoms with Crippen LogP contribution < -0.4 is 81.8 Å². The SMILES string of the molecule is CC(=N[C@@H](CCN)C(=O)N[C@H](C(=O)N[C@@H](CCN)C(=O)N[C@H]1CCNC(=O)[C@H]([C@@H](C)O)NC(=O)[C@H](CCN)NC(=O)[C@H](CCN)NC(=O)[C@H](CC(C)C)NC(=O)[C@@H](Cc2ccccc2)NC(=O)[C@H](CCN)NC1=O)[C@@H](C)O)C1=C(O)CC(C)(C)CC1=O. The third kappa shape index (κ3) is 23.6. The zero-order valence-corrected chi connectivity index (χ0v) is 50.9. The lowest BCUT2D eigenvalue weighted by atomic mass is 9.75. The zero-order valence-electron chi connectivity index (χ0n) is 50.9. The van der Waals surface area contributed by atoms with Gasteiger partial charge in [0.15, 0.2) is 5.78 Å². The van der Waals surface area contributed by atoms with Crippen LogP contribution in [-0.2, 0) is 59.2 Å². The minimum Gasteiger partial charge on any atom is -0.511 e. The Hall–Kier alpha value is -7.48. The van der Waals surface area contributed by atoms with Crippen LogP contribution in [0.2, 0.25) is 0 Å². The number of carbonyl (C=O) groups is 11. The van der Waals surface area contributed by atoms with E-state index in [0.717, 1.165) is 0 Å². The lowest BCUT2D eigenvalue weighted by Gasteiger charge is -2.30. The summed E-state index contributed by atoms with van der Waals surface area (Å²) in [5.74, 6) is -10.3. The van der Waals surface area contributed by atoms with Crippen molar-refractivity contribution in [3.63, 3.8) is 0 Å². The average molecular weight is 1230 g/mol. The van der Waals surface area contributed by atoms with Crippen LogP contribution in [0, 0.1) is 11.3 Å². The number of Topliss-reactive ketones (excluding diaryl/α,β-unsaturated/α-hetero) is 1. The molecule has 23 N–H and O–H groups in total. The highest BCUT2D eigenvalue weighted by atomic mass is 16.3. The van der Waals surface area contributed by atoms with Gasteiger partial charge in [-0.2, -0.15) is 0 Å². The Morgan fingerprint density at radius 1 is 0.632 bits per heavy atom. The summed E-state index contributed by atoms with van der Waals surface area (Å²) in [4.78, 5) is 159. The second-order valence-corrected chi connectivity index (χ2v) is 23.2. The molecule has 30 heteroatoms. The molecule has 1 aromatic rings. The van der Waals surface area contributed by atoms with E-state index in [4.69, 9.17) is 28.7 Å². The molecular weight excluding hydrogens is 1130 g/mol. The first-order valence-electron chi connectivity index (χ1n) is 29.4. The predicted octanol–water partition coefficient (Wildman–Crippen LogP) is -5.31. The van der Waals surface area contributed by atoms with E-state index in [0.29, 0.717) is 5.56 Å². The molecule has 30 nitrogen and oxygen atoms in total. The average Bonchev–Trinajstić information content (AvgIpc) is 1.72. The maximum absolute atomic E-state index is 14.6. The van der Waals surface area contributed by atoms with Crippen molar-refractivity contribution in [2.24, 2.45) is 45.0 Å². The molecule has 1 aliphatic carbocycles. The molecule has 486 valence electrons. The van der Waals surface area contributed by atoms with Crippen molar-refractivity contribution in [3.05, 3.63) is 47.2 Å². The summed E-state index contributed by atoms with van der Waals surface area (Å²) in [6.07, 6.45) is -4.46. The summed E-state index contributed by atoms with van der Waals surface area (Å²) < 4.78 is 0. The Morgan fingerprint density at radius 3 is 1.64 bits per heavy atom. The Bertz CT molecular complexity index is 2620. The summed E-state index contributed by atoms with van der Waals surface area (Å²) in [6, 6.07) is -6.59. The van der Waals surface area contributed by atoms with Crippen LogP contribution >= 0.6 is 0 Å². The molecule has 1 heterocycles. The van der Waals surface area contributed by atoms with E-state index in [2.05, 4.69) is 58.2 Å². The van der Waals surface area contributed by atoms with Gasteiger partial charge < -0.3 is 97.2 Å². The van der Waals surface area contributed by atoms with E-state index in [1.807, 2.05) is 13.8 Å². The number of nitrogens with two attached hydrogens (primary N) is 5. The van der Waals surface area contributed by atoms with Crippen molar-refractivity contribution >= 4 is 70.6 Å². The third-order valence-electron chi connectivity index (χ3n) is 14.4. The standard InChI is InChI=1S/C57H94N16O14/c1-29(2)25-40-53(84)67-35(14-20-59)47(78)66-38(17-23-62)52(83)72-45(31(4)74)55(86)63-24-18-39(50(81)65-36(15-21-60)49(80)71-41(54(85)70-40)26-33-11-9-8-10-12-33)68-48(79)37(16-22-61)69-56(87)46(32(5)75)73-51(82)34(13-19-58)64-30(3)44-42(76)27-57(6,7)28-43(44)77/h8-12,29,31-32,34-41,45-46,74-76H,13-28,58-62H2,1-7H3,(H,63,86)(H,65,81)(H,66,78)(H,67,84)(H,68,79)(H,69,87)(H,70,85)(H,71,80)(H,72,83)(H,73,82)/t31-,32-,34+,35+,36+,37+,38+,39+,40+,41-,45+,46+/m1/s1. The minimum atomic E-state index is -1.76. The van der Waals surface area contributed by atoms with Crippen LogP contribution in [0.3, 0.4) is 0 Å². The van der Waals surface area contributed by atoms with Crippen LogP contribution in [0.4, 0.5) is 0 Å². The van der Waals surface area contributed by atoms with E-state index in [9.17, 15) is 68.1 Å². The van der Waals surface area contributed by atoms with Crippen molar-refractivity contribution in [2.75, 3.05) is 39.3 Å². The molecule has 2 aliphatic rings. The van der Waals surface area contributed by atoms with Crippen LogP contribution in [0.1, 0.15) is 112 Å². The number of aliphatic imine (C=N–C) groups is 1. The molecule has 0 bridgehead atoms. The number of ketones is 1. The highest BCUT2D eigenvalue weighted by Crippen LogP contribution is 2.36. The number of nitrogens with one attached hydrogen (secondary N) is 10. The molecule has 1 saturated heterocycles. The largest absolute Gasteiger partial charge is 0.511 e. The fourth-order valence-corrected chi connectivity index (χ4v) is 9.84. The van der Waals surface area contributed by atoms with Crippen LogP contribution in [-0.4, -0.2) is 198 Å². The summed E-state index contributed by atoms with van der Waals surface area (Å²) in [7, 11) is 0. The number of aliphatic hydroxyl groups is 3. The van der Waals surface area contributed by atoms with Gasteiger partial charge in [0.05, 0.1) is 17.8 Å². The van der Waals surface area contributed by atoms with E-state index in [-0.39, 0.29) is 119 Å². The van der Waals surface area contributed by atoms with Crippen LogP contribution in [0.5, 0.6) is 0 Å². The fourth-order valence-electron chi connectivity index (χ4n) is 9.84. The van der Waals surface area contributed by atoms with Crippen molar-refractivity contribution in [1.29, 1.82) is 0 Å². The maximum atomic E-state index is 14.6. The van der Waals surface area contributed by atoms with E-state index >= 15 is 0 Å². The first-order chi connectivity index (χ1) is 41.0. The number of carbonyl (C=O) groups excluding carboxylic acids is 11. The summed E-state index contributed by atoms with van der Waals surface area (Å²) >= 11 is 0. The number of rotatable bonds is 24. The van der Waals surface area contributed by atoms with Gasteiger partial charge in [0.1, 0.15) is 66.2 Å². The first kappa shape index (κ1) is 73.8. The molecule has 0 radical (unpaired) electrons. The second kappa shape index (κ2) is 36.0. The second-order valence-electron chi connectivity index (χ2n) is 23.2. The molecule has 0 aromatic heterocycles. The Kier molecular flexibility index (Phi) is 30.5. The van der Waals surface area contributed by atoms with Gasteiger partial charge in [0.25, 0.3) is 0 Å². The molecule has 87 heavy (non-hydrogen) atoms.